The number of nitrogens with zero attached hydrogens (tertiary/aromatic N) is 2. The number of carbonyl (C=O) groups excluding carboxylic acids is 2. The van der Waals surface area contributed by atoms with Crippen molar-refractivity contribution in [3.8, 4) is 0 Å². The Labute approximate surface area is 162 Å². The van der Waals surface area contributed by atoms with Crippen LogP contribution >= 0.6 is 11.6 Å². The molecule has 0 aliphatic heterocycles. The van der Waals surface area contributed by atoms with E-state index in [9.17, 15) is 9.59 Å². The highest BCUT2D eigenvalue weighted by atomic mass is 35.5. The topological polar surface area (TPSA) is 62.3 Å². The SMILES string of the molecule is CN(Cc1ccccc1)C(=O)c1cccc(C(=O)Nc2ccc(Cl)cc2)n1. The first-order chi connectivity index (χ1) is 13.0. The molecule has 2 amide bonds. The van der Waals surface area contributed by atoms with Crippen molar-refractivity contribution in [3.05, 3.63) is 94.8 Å². The van der Waals surface area contributed by atoms with E-state index in [0.717, 1.165) is 5.56 Å². The maximum atomic E-state index is 12.6. The molecule has 2 aromatic carbocycles. The molecule has 27 heavy (non-hydrogen) atoms. The average molecular weight is 380 g/mol. The number of benzene rings is 2. The number of amides is 2. The maximum Gasteiger partial charge on any atom is 0.274 e. The van der Waals surface area contributed by atoms with Crippen LogP contribution in [0, 0.1) is 0 Å². The molecule has 0 radical (unpaired) electrons. The quantitative estimate of drug-likeness (QED) is 0.720. The number of pyridine rings is 1. The zero-order valence-corrected chi connectivity index (χ0v) is 15.5. The molecule has 1 aromatic heterocycles. The highest BCUT2D eigenvalue weighted by Crippen LogP contribution is 2.14. The maximum absolute atomic E-state index is 12.6. The summed E-state index contributed by atoms with van der Waals surface area (Å²) < 4.78 is 0. The van der Waals surface area contributed by atoms with E-state index < -0.39 is 5.91 Å². The smallest absolute Gasteiger partial charge is 0.274 e. The van der Waals surface area contributed by atoms with Crippen LogP contribution in [-0.2, 0) is 6.54 Å². The van der Waals surface area contributed by atoms with E-state index in [1.165, 1.54) is 0 Å². The average Bonchev–Trinajstić information content (AvgIpc) is 2.70. The van der Waals surface area contributed by atoms with Crippen molar-refractivity contribution < 1.29 is 9.59 Å². The van der Waals surface area contributed by atoms with Crippen LogP contribution in [0.4, 0.5) is 5.69 Å². The fourth-order valence-electron chi connectivity index (χ4n) is 2.53. The van der Waals surface area contributed by atoms with E-state index in [-0.39, 0.29) is 17.3 Å². The minimum atomic E-state index is -0.391. The molecular formula is C21H18ClN3O2. The third-order valence-corrected chi connectivity index (χ3v) is 4.16. The van der Waals surface area contributed by atoms with Crippen LogP contribution in [0.3, 0.4) is 0 Å². The third kappa shape index (κ3) is 4.92. The summed E-state index contributed by atoms with van der Waals surface area (Å²) in [6.45, 7) is 0.461. The second-order valence-electron chi connectivity index (χ2n) is 6.02. The largest absolute Gasteiger partial charge is 0.336 e. The number of halogens is 1. The number of carbonyl (C=O) groups is 2. The van der Waals surface area contributed by atoms with E-state index in [0.29, 0.717) is 17.3 Å². The van der Waals surface area contributed by atoms with Crippen molar-refractivity contribution >= 4 is 29.1 Å². The van der Waals surface area contributed by atoms with Gasteiger partial charge in [0.25, 0.3) is 11.8 Å². The summed E-state index contributed by atoms with van der Waals surface area (Å²) in [5.41, 5.74) is 2.01. The Kier molecular flexibility index (Phi) is 5.84. The molecule has 3 aromatic rings. The summed E-state index contributed by atoms with van der Waals surface area (Å²) in [4.78, 5) is 30.8. The van der Waals surface area contributed by atoms with Crippen molar-refractivity contribution in [2.75, 3.05) is 12.4 Å². The van der Waals surface area contributed by atoms with Crippen LogP contribution in [0.15, 0.2) is 72.8 Å². The Balaban J connectivity index is 1.71. The van der Waals surface area contributed by atoms with Crippen molar-refractivity contribution in [2.24, 2.45) is 0 Å². The number of nitrogens with one attached hydrogen (secondary N) is 1. The third-order valence-electron chi connectivity index (χ3n) is 3.91. The number of aromatic nitrogens is 1. The summed E-state index contributed by atoms with van der Waals surface area (Å²) in [6, 6.07) is 21.3. The summed E-state index contributed by atoms with van der Waals surface area (Å²) in [6.07, 6.45) is 0. The van der Waals surface area contributed by atoms with Gasteiger partial charge in [0.05, 0.1) is 0 Å². The van der Waals surface area contributed by atoms with Gasteiger partial charge in [0.2, 0.25) is 0 Å². The van der Waals surface area contributed by atoms with Crippen molar-refractivity contribution in [2.45, 2.75) is 6.54 Å². The van der Waals surface area contributed by atoms with Crippen LogP contribution in [0.25, 0.3) is 0 Å². The zero-order chi connectivity index (χ0) is 19.2. The van der Waals surface area contributed by atoms with E-state index in [4.69, 9.17) is 11.6 Å². The molecule has 3 rings (SSSR count). The van der Waals surface area contributed by atoms with Gasteiger partial charge in [-0.1, -0.05) is 48.0 Å². The van der Waals surface area contributed by atoms with Crippen molar-refractivity contribution in [3.63, 3.8) is 0 Å². The van der Waals surface area contributed by atoms with Crippen LogP contribution in [0.5, 0.6) is 0 Å². The molecule has 1 heterocycles. The molecule has 0 saturated carbocycles. The number of rotatable bonds is 5. The molecular weight excluding hydrogens is 362 g/mol. The van der Waals surface area contributed by atoms with E-state index in [2.05, 4.69) is 10.3 Å². The lowest BCUT2D eigenvalue weighted by Gasteiger charge is -2.17. The highest BCUT2D eigenvalue weighted by molar-refractivity contribution is 6.30. The first kappa shape index (κ1) is 18.6. The first-order valence-corrected chi connectivity index (χ1v) is 8.74. The summed E-state index contributed by atoms with van der Waals surface area (Å²) >= 11 is 5.84. The van der Waals surface area contributed by atoms with Gasteiger partial charge in [-0.2, -0.15) is 0 Å². The van der Waals surface area contributed by atoms with Gasteiger partial charge in [-0.25, -0.2) is 4.98 Å². The molecule has 0 unspecified atom stereocenters. The molecule has 0 atom stereocenters. The summed E-state index contributed by atoms with van der Waals surface area (Å²) in [7, 11) is 1.71. The number of hydrogen-bond acceptors (Lipinski definition) is 3. The molecule has 0 spiro atoms. The second kappa shape index (κ2) is 8.47. The van der Waals surface area contributed by atoms with E-state index in [1.54, 1.807) is 54.4 Å². The minimum absolute atomic E-state index is 0.170. The number of hydrogen-bond donors (Lipinski definition) is 1. The van der Waals surface area contributed by atoms with Gasteiger partial charge >= 0.3 is 0 Å². The molecule has 0 fully saturated rings. The van der Waals surface area contributed by atoms with Crippen LogP contribution in [-0.4, -0.2) is 28.7 Å². The normalized spacial score (nSPS) is 10.3. The molecule has 5 nitrogen and oxygen atoms in total. The lowest BCUT2D eigenvalue weighted by Crippen LogP contribution is -2.27. The van der Waals surface area contributed by atoms with Gasteiger partial charge in [-0.05, 0) is 42.0 Å². The van der Waals surface area contributed by atoms with Crippen molar-refractivity contribution in [1.82, 2.24) is 9.88 Å². The standard InChI is InChI=1S/C21H18ClN3O2/c1-25(14-15-6-3-2-4-7-15)21(27)19-9-5-8-18(24-19)20(26)23-17-12-10-16(22)11-13-17/h2-13H,14H2,1H3,(H,23,26). The Morgan fingerprint density at radius 1 is 0.926 bits per heavy atom. The Bertz CT molecular complexity index is 943. The van der Waals surface area contributed by atoms with Gasteiger partial charge in [-0.15, -0.1) is 0 Å². The van der Waals surface area contributed by atoms with Gasteiger partial charge in [-0.3, -0.25) is 9.59 Å². The van der Waals surface area contributed by atoms with E-state index in [1.807, 2.05) is 30.3 Å². The fraction of sp³-hybridized carbons (Fsp3) is 0.0952. The Morgan fingerprint density at radius 2 is 1.59 bits per heavy atom. The summed E-state index contributed by atoms with van der Waals surface area (Å²) in [5.74, 6) is -0.641. The van der Waals surface area contributed by atoms with Crippen LogP contribution < -0.4 is 5.32 Å². The van der Waals surface area contributed by atoms with Gasteiger partial charge in [0.1, 0.15) is 11.4 Å². The fourth-order valence-corrected chi connectivity index (χ4v) is 2.66. The predicted molar refractivity (Wildman–Crippen MR) is 106 cm³/mol. The molecule has 6 heteroatoms. The highest BCUT2D eigenvalue weighted by Gasteiger charge is 2.16. The predicted octanol–water partition coefficient (Wildman–Crippen LogP) is 4.26. The zero-order valence-electron chi connectivity index (χ0n) is 14.7. The van der Waals surface area contributed by atoms with Gasteiger partial charge < -0.3 is 10.2 Å². The molecule has 136 valence electrons. The lowest BCUT2D eigenvalue weighted by molar-refractivity contribution is 0.0779. The van der Waals surface area contributed by atoms with Crippen LogP contribution in [0.1, 0.15) is 26.5 Å². The minimum Gasteiger partial charge on any atom is -0.336 e. The molecule has 0 saturated heterocycles. The second-order valence-corrected chi connectivity index (χ2v) is 6.45. The number of anilines is 1. The van der Waals surface area contributed by atoms with E-state index >= 15 is 0 Å². The molecule has 0 aliphatic rings. The lowest BCUT2D eigenvalue weighted by atomic mass is 10.2. The van der Waals surface area contributed by atoms with Gasteiger partial charge in [0.15, 0.2) is 0 Å². The monoisotopic (exact) mass is 379 g/mol. The Morgan fingerprint density at radius 3 is 2.30 bits per heavy atom. The molecule has 0 aliphatic carbocycles. The molecule has 1 N–H and O–H groups in total. The summed E-state index contributed by atoms with van der Waals surface area (Å²) in [5, 5.41) is 3.32. The molecule has 0 bridgehead atoms. The van der Waals surface area contributed by atoms with Gasteiger partial charge in [0, 0.05) is 24.3 Å². The van der Waals surface area contributed by atoms with Crippen molar-refractivity contribution in [1.29, 1.82) is 0 Å². The first-order valence-electron chi connectivity index (χ1n) is 8.36. The van der Waals surface area contributed by atoms with Crippen LogP contribution in [0.2, 0.25) is 5.02 Å². The Hall–Kier alpha value is -3.18.